The molecule has 1 aliphatic heterocycles. The first-order chi connectivity index (χ1) is 10.6. The lowest BCUT2D eigenvalue weighted by Gasteiger charge is -2.26. The van der Waals surface area contributed by atoms with Gasteiger partial charge in [-0.25, -0.2) is 4.98 Å². The van der Waals surface area contributed by atoms with Crippen LogP contribution in [0.4, 0.5) is 5.95 Å². The summed E-state index contributed by atoms with van der Waals surface area (Å²) in [6.07, 6.45) is 0. The van der Waals surface area contributed by atoms with Crippen LogP contribution in [0.3, 0.4) is 0 Å². The Hall–Kier alpha value is -1.99. The SMILES string of the molecule is Cc1cc2nc(NCCN3CCOCC3)n[n+]([O-])c2cc1C. The minimum atomic E-state index is 0.374. The van der Waals surface area contributed by atoms with Crippen molar-refractivity contribution in [2.24, 2.45) is 0 Å². The molecule has 0 atom stereocenters. The third kappa shape index (κ3) is 3.26. The van der Waals surface area contributed by atoms with Gasteiger partial charge in [0.1, 0.15) is 5.52 Å². The van der Waals surface area contributed by atoms with Crippen LogP contribution in [0.2, 0.25) is 0 Å². The van der Waals surface area contributed by atoms with Crippen LogP contribution in [0.15, 0.2) is 12.1 Å². The summed E-state index contributed by atoms with van der Waals surface area (Å²) in [6, 6.07) is 3.75. The van der Waals surface area contributed by atoms with Crippen molar-refractivity contribution in [1.29, 1.82) is 0 Å². The Kier molecular flexibility index (Phi) is 4.35. The van der Waals surface area contributed by atoms with Gasteiger partial charge in [0.2, 0.25) is 0 Å². The third-order valence-corrected chi connectivity index (χ3v) is 4.02. The Morgan fingerprint density at radius 1 is 1.27 bits per heavy atom. The van der Waals surface area contributed by atoms with Crippen molar-refractivity contribution in [3.05, 3.63) is 28.5 Å². The molecule has 7 nitrogen and oxygen atoms in total. The van der Waals surface area contributed by atoms with E-state index in [9.17, 15) is 5.21 Å². The summed E-state index contributed by atoms with van der Waals surface area (Å²) in [4.78, 5) is 7.39. The van der Waals surface area contributed by atoms with Crippen LogP contribution in [0.1, 0.15) is 11.1 Å². The summed E-state index contributed by atoms with van der Waals surface area (Å²) in [5.41, 5.74) is 3.35. The predicted molar refractivity (Wildman–Crippen MR) is 83.7 cm³/mol. The Labute approximate surface area is 129 Å². The number of fused-ring (bicyclic) bond motifs is 1. The van der Waals surface area contributed by atoms with Crippen molar-refractivity contribution in [2.45, 2.75) is 13.8 Å². The number of ether oxygens (including phenoxy) is 1. The predicted octanol–water partition coefficient (Wildman–Crippen LogP) is 0.624. The van der Waals surface area contributed by atoms with E-state index >= 15 is 0 Å². The first-order valence-electron chi connectivity index (χ1n) is 7.56. The fourth-order valence-corrected chi connectivity index (χ4v) is 2.53. The highest BCUT2D eigenvalue weighted by Gasteiger charge is 2.13. The number of anilines is 1. The van der Waals surface area contributed by atoms with E-state index in [0.717, 1.165) is 44.0 Å². The Morgan fingerprint density at radius 2 is 2.00 bits per heavy atom. The quantitative estimate of drug-likeness (QED) is 0.659. The van der Waals surface area contributed by atoms with Crippen molar-refractivity contribution in [3.8, 4) is 0 Å². The molecule has 1 aromatic heterocycles. The van der Waals surface area contributed by atoms with E-state index in [2.05, 4.69) is 20.3 Å². The molecule has 0 saturated carbocycles. The van der Waals surface area contributed by atoms with Crippen LogP contribution in [0.25, 0.3) is 11.0 Å². The van der Waals surface area contributed by atoms with Crippen LogP contribution >= 0.6 is 0 Å². The molecule has 22 heavy (non-hydrogen) atoms. The van der Waals surface area contributed by atoms with Crippen molar-refractivity contribution in [3.63, 3.8) is 0 Å². The van der Waals surface area contributed by atoms with E-state index in [1.807, 2.05) is 26.0 Å². The maximum absolute atomic E-state index is 12.0. The minimum Gasteiger partial charge on any atom is -0.594 e. The number of morpholine rings is 1. The number of nitrogens with one attached hydrogen (secondary N) is 1. The third-order valence-electron chi connectivity index (χ3n) is 4.02. The van der Waals surface area contributed by atoms with Gasteiger partial charge in [-0.15, -0.1) is 0 Å². The van der Waals surface area contributed by atoms with Crippen LogP contribution in [0, 0.1) is 19.1 Å². The molecule has 1 fully saturated rings. The molecule has 1 N–H and O–H groups in total. The number of nitrogens with zero attached hydrogens (tertiary/aromatic N) is 4. The summed E-state index contributed by atoms with van der Waals surface area (Å²) in [6.45, 7) is 9.03. The Balaban J connectivity index is 1.70. The van der Waals surface area contributed by atoms with Gasteiger partial charge in [0, 0.05) is 32.2 Å². The molecule has 1 aromatic carbocycles. The van der Waals surface area contributed by atoms with Crippen LogP contribution in [0.5, 0.6) is 0 Å². The molecule has 7 heteroatoms. The second-order valence-electron chi connectivity index (χ2n) is 5.61. The van der Waals surface area contributed by atoms with E-state index in [-0.39, 0.29) is 0 Å². The Bertz CT molecular complexity index is 671. The molecule has 0 aliphatic carbocycles. The molecule has 0 bridgehead atoms. The summed E-state index contributed by atoms with van der Waals surface area (Å²) in [5, 5.41) is 19.1. The summed E-state index contributed by atoms with van der Waals surface area (Å²) >= 11 is 0. The van der Waals surface area contributed by atoms with E-state index in [1.165, 1.54) is 0 Å². The fourth-order valence-electron chi connectivity index (χ4n) is 2.53. The standard InChI is InChI=1S/C15H21N5O2/c1-11-9-13-14(10-12(11)2)20(21)18-15(17-13)16-3-4-19-5-7-22-8-6-19/h9-10H,3-8H2,1-2H3,(H,16,17,18). The van der Waals surface area contributed by atoms with Gasteiger partial charge in [0.25, 0.3) is 11.5 Å². The topological polar surface area (TPSA) is 77.2 Å². The molecule has 0 unspecified atom stereocenters. The zero-order chi connectivity index (χ0) is 15.5. The number of hydrogen-bond acceptors (Lipinski definition) is 6. The van der Waals surface area contributed by atoms with Gasteiger partial charge >= 0.3 is 0 Å². The van der Waals surface area contributed by atoms with E-state index in [4.69, 9.17) is 4.74 Å². The number of benzene rings is 1. The zero-order valence-electron chi connectivity index (χ0n) is 13.0. The van der Waals surface area contributed by atoms with Crippen molar-refractivity contribution in [2.75, 3.05) is 44.7 Å². The molecule has 0 amide bonds. The van der Waals surface area contributed by atoms with Crippen molar-refractivity contribution < 1.29 is 9.58 Å². The fraction of sp³-hybridized carbons (Fsp3) is 0.533. The van der Waals surface area contributed by atoms with Crippen molar-refractivity contribution >= 4 is 17.0 Å². The highest BCUT2D eigenvalue weighted by atomic mass is 16.5. The summed E-state index contributed by atoms with van der Waals surface area (Å²) in [7, 11) is 0. The smallest absolute Gasteiger partial charge is 0.290 e. The molecule has 1 aliphatic rings. The molecular weight excluding hydrogens is 282 g/mol. The Morgan fingerprint density at radius 3 is 2.77 bits per heavy atom. The second kappa shape index (κ2) is 6.41. The first-order valence-corrected chi connectivity index (χ1v) is 7.56. The van der Waals surface area contributed by atoms with E-state index < -0.39 is 0 Å². The average Bonchev–Trinajstić information content (AvgIpc) is 2.50. The largest absolute Gasteiger partial charge is 0.594 e. The van der Waals surface area contributed by atoms with E-state index in [0.29, 0.717) is 28.4 Å². The van der Waals surface area contributed by atoms with Gasteiger partial charge in [-0.1, -0.05) is 0 Å². The van der Waals surface area contributed by atoms with Crippen molar-refractivity contribution in [1.82, 2.24) is 15.0 Å². The number of aromatic nitrogens is 3. The molecule has 0 spiro atoms. The van der Waals surface area contributed by atoms with Crippen LogP contribution in [-0.2, 0) is 4.74 Å². The maximum atomic E-state index is 12.0. The van der Waals surface area contributed by atoms with Gasteiger partial charge < -0.3 is 15.3 Å². The highest BCUT2D eigenvalue weighted by Crippen LogP contribution is 2.15. The molecule has 3 rings (SSSR count). The lowest BCUT2D eigenvalue weighted by molar-refractivity contribution is -0.641. The number of hydrogen-bond donors (Lipinski definition) is 1. The first kappa shape index (κ1) is 14.9. The van der Waals surface area contributed by atoms with Crippen LogP contribution in [-0.4, -0.2) is 54.4 Å². The average molecular weight is 303 g/mol. The van der Waals surface area contributed by atoms with Gasteiger partial charge in [-0.2, -0.15) is 0 Å². The number of rotatable bonds is 4. The highest BCUT2D eigenvalue weighted by molar-refractivity contribution is 5.73. The number of aryl methyl sites for hydroxylation is 2. The molecule has 1 saturated heterocycles. The normalized spacial score (nSPS) is 16.1. The van der Waals surface area contributed by atoms with E-state index in [1.54, 1.807) is 0 Å². The summed E-state index contributed by atoms with van der Waals surface area (Å²) in [5.74, 6) is 0.374. The lowest BCUT2D eigenvalue weighted by Crippen LogP contribution is -2.39. The zero-order valence-corrected chi connectivity index (χ0v) is 13.0. The maximum Gasteiger partial charge on any atom is 0.290 e. The molecular formula is C15H21N5O2. The molecule has 0 radical (unpaired) electrons. The summed E-state index contributed by atoms with van der Waals surface area (Å²) < 4.78 is 5.32. The van der Waals surface area contributed by atoms with Gasteiger partial charge in [-0.3, -0.25) is 4.90 Å². The minimum absolute atomic E-state index is 0.374. The second-order valence-corrected chi connectivity index (χ2v) is 5.61. The molecule has 2 aromatic rings. The van der Waals surface area contributed by atoms with Gasteiger partial charge in [0.05, 0.1) is 18.3 Å². The van der Waals surface area contributed by atoms with Crippen LogP contribution < -0.4 is 10.2 Å². The lowest BCUT2D eigenvalue weighted by atomic mass is 10.1. The molecule has 2 heterocycles. The monoisotopic (exact) mass is 303 g/mol. The van der Waals surface area contributed by atoms with Gasteiger partial charge in [-0.05, 0) is 35.9 Å². The van der Waals surface area contributed by atoms with Gasteiger partial charge in [0.15, 0.2) is 0 Å². The molecule has 118 valence electrons.